The highest BCUT2D eigenvalue weighted by Gasteiger charge is 2.28. The number of benzene rings is 2. The van der Waals surface area contributed by atoms with Gasteiger partial charge in [-0.2, -0.15) is 13.2 Å². The zero-order chi connectivity index (χ0) is 24.2. The van der Waals surface area contributed by atoms with Crippen LogP contribution in [-0.2, 0) is 17.9 Å². The molecule has 2 aromatic heterocycles. The van der Waals surface area contributed by atoms with Gasteiger partial charge in [-0.05, 0) is 25.1 Å². The smallest absolute Gasteiger partial charge is 0.430 e. The fraction of sp³-hybridized carbons (Fsp3) is 0.261. The number of carboxylic acid groups (broad SMARTS) is 1. The number of quaternary nitrogens is 1. The van der Waals surface area contributed by atoms with E-state index in [0.717, 1.165) is 47.0 Å². The number of aliphatic carboxylic acids is 1. The van der Waals surface area contributed by atoms with Gasteiger partial charge in [0.25, 0.3) is 5.56 Å². The third kappa shape index (κ3) is 5.06. The number of nitrogens with zero attached hydrogens (tertiary/aromatic N) is 3. The molecule has 7 nitrogen and oxygen atoms in total. The van der Waals surface area contributed by atoms with Crippen LogP contribution in [0.25, 0.3) is 33.2 Å². The normalized spacial score (nSPS) is 11.4. The highest BCUT2D eigenvalue weighted by Crippen LogP contribution is 2.29. The van der Waals surface area contributed by atoms with Crippen LogP contribution >= 0.6 is 0 Å². The largest absolute Gasteiger partial charge is 0.542 e. The molecule has 2 heterocycles. The Kier molecular flexibility index (Phi) is 7.17. The zero-order valence-electron chi connectivity index (χ0n) is 17.9. The molecule has 0 atom stereocenters. The lowest BCUT2D eigenvalue weighted by Crippen LogP contribution is -2.50. The Labute approximate surface area is 186 Å². The van der Waals surface area contributed by atoms with Gasteiger partial charge in [0, 0.05) is 42.2 Å². The van der Waals surface area contributed by atoms with Crippen molar-refractivity contribution in [2.24, 2.45) is 0 Å². The molecule has 0 amide bonds. The Morgan fingerprint density at radius 3 is 2.30 bits per heavy atom. The van der Waals surface area contributed by atoms with E-state index in [4.69, 9.17) is 14.9 Å². The Balaban J connectivity index is 0.000000383. The van der Waals surface area contributed by atoms with E-state index in [1.54, 1.807) is 4.57 Å². The van der Waals surface area contributed by atoms with Gasteiger partial charge in [0.2, 0.25) is 0 Å². The molecule has 0 saturated heterocycles. The Morgan fingerprint density at radius 2 is 1.70 bits per heavy atom. The number of rotatable bonds is 5. The Hall–Kier alpha value is -3.66. The summed E-state index contributed by atoms with van der Waals surface area (Å²) < 4.78 is 35.6. The monoisotopic (exact) mass is 460 g/mol. The fourth-order valence-corrected chi connectivity index (χ4v) is 3.58. The van der Waals surface area contributed by atoms with Crippen LogP contribution in [-0.4, -0.2) is 32.8 Å². The second kappa shape index (κ2) is 9.86. The Bertz CT molecular complexity index is 1340. The van der Waals surface area contributed by atoms with E-state index in [1.165, 1.54) is 0 Å². The summed E-state index contributed by atoms with van der Waals surface area (Å²) in [6.45, 7) is 4.39. The number of fused-ring (bicyclic) bond motifs is 2. The molecule has 0 bridgehead atoms. The maximum absolute atomic E-state index is 13.2. The molecular formula is C23H23F3N4O3. The first-order valence-electron chi connectivity index (χ1n) is 10.3. The first-order valence-corrected chi connectivity index (χ1v) is 10.3. The first-order chi connectivity index (χ1) is 15.7. The molecule has 174 valence electrons. The second-order valence-electron chi connectivity index (χ2n) is 7.24. The van der Waals surface area contributed by atoms with E-state index in [1.807, 2.05) is 43.3 Å². The molecule has 4 rings (SSSR count). The van der Waals surface area contributed by atoms with Crippen molar-refractivity contribution in [2.45, 2.75) is 32.6 Å². The number of halogens is 3. The minimum Gasteiger partial charge on any atom is -0.542 e. The van der Waals surface area contributed by atoms with Crippen molar-refractivity contribution < 1.29 is 28.8 Å². The van der Waals surface area contributed by atoms with Crippen LogP contribution in [0.5, 0.6) is 0 Å². The Morgan fingerprint density at radius 1 is 1.09 bits per heavy atom. The molecule has 0 aliphatic rings. The van der Waals surface area contributed by atoms with Crippen molar-refractivity contribution >= 4 is 27.9 Å². The molecule has 3 N–H and O–H groups in total. The van der Waals surface area contributed by atoms with Gasteiger partial charge in [0.1, 0.15) is 11.7 Å². The van der Waals surface area contributed by atoms with Crippen LogP contribution < -0.4 is 16.4 Å². The summed E-state index contributed by atoms with van der Waals surface area (Å²) in [5.74, 6) is -3.01. The van der Waals surface area contributed by atoms with Crippen LogP contribution in [0, 0.1) is 0 Å². The fourth-order valence-electron chi connectivity index (χ4n) is 3.58. The van der Waals surface area contributed by atoms with Crippen LogP contribution in [0.2, 0.25) is 0 Å². The molecule has 33 heavy (non-hydrogen) atoms. The van der Waals surface area contributed by atoms with Crippen molar-refractivity contribution in [3.05, 3.63) is 65.1 Å². The molecular weight excluding hydrogens is 437 g/mol. The van der Waals surface area contributed by atoms with Gasteiger partial charge in [-0.3, -0.25) is 4.79 Å². The number of carboxylic acids is 1. The molecule has 0 radical (unpaired) electrons. The molecule has 0 fully saturated rings. The van der Waals surface area contributed by atoms with Crippen molar-refractivity contribution in [1.29, 1.82) is 0 Å². The number of para-hydroxylation sites is 3. The van der Waals surface area contributed by atoms with Crippen LogP contribution in [0.1, 0.15) is 13.3 Å². The SMILES string of the molecule is CCn1c(=O)c(-c2cn(CCC[NH3+])c3ccccc23)nc2ccccc21.O=C([O-])C(F)(F)F. The third-order valence-corrected chi connectivity index (χ3v) is 5.09. The lowest BCUT2D eigenvalue weighted by atomic mass is 10.1. The van der Waals surface area contributed by atoms with Gasteiger partial charge in [-0.25, -0.2) is 4.98 Å². The minimum atomic E-state index is -5.19. The van der Waals surface area contributed by atoms with E-state index in [0.29, 0.717) is 12.2 Å². The van der Waals surface area contributed by atoms with Crippen LogP contribution in [0.4, 0.5) is 13.2 Å². The predicted octanol–water partition coefficient (Wildman–Crippen LogP) is 1.97. The maximum atomic E-state index is 13.2. The summed E-state index contributed by atoms with van der Waals surface area (Å²) in [6, 6.07) is 16.0. The maximum Gasteiger partial charge on any atom is 0.430 e. The van der Waals surface area contributed by atoms with Crippen molar-refractivity contribution in [2.75, 3.05) is 6.54 Å². The highest BCUT2D eigenvalue weighted by molar-refractivity contribution is 5.95. The summed E-state index contributed by atoms with van der Waals surface area (Å²) in [6.07, 6.45) is -2.12. The van der Waals surface area contributed by atoms with Gasteiger partial charge >= 0.3 is 6.18 Å². The molecule has 0 unspecified atom stereocenters. The van der Waals surface area contributed by atoms with E-state index in [-0.39, 0.29) is 5.56 Å². The third-order valence-electron chi connectivity index (χ3n) is 5.09. The lowest BCUT2D eigenvalue weighted by Gasteiger charge is -2.09. The average molecular weight is 460 g/mol. The van der Waals surface area contributed by atoms with Crippen LogP contribution in [0.15, 0.2) is 59.5 Å². The molecule has 2 aromatic carbocycles. The summed E-state index contributed by atoms with van der Waals surface area (Å²) in [4.78, 5) is 26.7. The number of aryl methyl sites for hydroxylation is 2. The van der Waals surface area contributed by atoms with Gasteiger partial charge in [0.05, 0.1) is 17.6 Å². The predicted molar refractivity (Wildman–Crippen MR) is 116 cm³/mol. The van der Waals surface area contributed by atoms with Gasteiger partial charge in [-0.1, -0.05) is 30.3 Å². The summed E-state index contributed by atoms with van der Waals surface area (Å²) in [7, 11) is 0. The molecule has 10 heteroatoms. The van der Waals surface area contributed by atoms with E-state index in [9.17, 15) is 18.0 Å². The number of aromatic nitrogens is 3. The second-order valence-corrected chi connectivity index (χ2v) is 7.24. The quantitative estimate of drug-likeness (QED) is 0.491. The zero-order valence-corrected chi connectivity index (χ0v) is 17.9. The highest BCUT2D eigenvalue weighted by atomic mass is 19.4. The first kappa shape index (κ1) is 24.0. The van der Waals surface area contributed by atoms with Crippen molar-refractivity contribution in [3.63, 3.8) is 0 Å². The van der Waals surface area contributed by atoms with E-state index in [2.05, 4.69) is 28.6 Å². The molecule has 0 aliphatic heterocycles. The molecule has 0 aliphatic carbocycles. The number of carbonyl (C=O) groups excluding carboxylic acids is 1. The van der Waals surface area contributed by atoms with Crippen molar-refractivity contribution in [3.8, 4) is 11.3 Å². The standard InChI is InChI=1S/C21H22N4O.C2HF3O2/c1-2-25-19-11-6-4-9-17(19)23-20(21(25)26)16-14-24(13-7-12-22)18-10-5-3-8-15(16)18;3-2(4,5)1(6)7/h3-6,8-11,14H,2,7,12-13,22H2,1H3;(H,6,7). The van der Waals surface area contributed by atoms with E-state index < -0.39 is 12.1 Å². The average Bonchev–Trinajstić information content (AvgIpc) is 3.15. The number of alkyl halides is 3. The topological polar surface area (TPSA) is 108 Å². The minimum absolute atomic E-state index is 0.0359. The van der Waals surface area contributed by atoms with Crippen LogP contribution in [0.3, 0.4) is 0 Å². The number of hydrogen-bond acceptors (Lipinski definition) is 4. The van der Waals surface area contributed by atoms with Gasteiger partial charge in [-0.15, -0.1) is 0 Å². The van der Waals surface area contributed by atoms with Gasteiger partial charge in [0.15, 0.2) is 0 Å². The van der Waals surface area contributed by atoms with Gasteiger partial charge < -0.3 is 24.8 Å². The number of hydrogen-bond donors (Lipinski definition) is 1. The summed E-state index contributed by atoms with van der Waals surface area (Å²) >= 11 is 0. The van der Waals surface area contributed by atoms with Crippen molar-refractivity contribution in [1.82, 2.24) is 14.1 Å². The molecule has 0 saturated carbocycles. The summed E-state index contributed by atoms with van der Waals surface area (Å²) in [5, 5.41) is 9.85. The van der Waals surface area contributed by atoms with E-state index >= 15 is 0 Å². The summed E-state index contributed by atoms with van der Waals surface area (Å²) in [5.41, 5.74) is 8.19. The molecule has 0 spiro atoms. The lowest BCUT2D eigenvalue weighted by molar-refractivity contribution is -0.368. The number of carbonyl (C=O) groups is 1. The molecule has 4 aromatic rings.